The van der Waals surface area contributed by atoms with E-state index in [1.54, 1.807) is 12.1 Å². The van der Waals surface area contributed by atoms with Gasteiger partial charge in [-0.2, -0.15) is 0 Å². The van der Waals surface area contributed by atoms with E-state index in [9.17, 15) is 14.7 Å². The third kappa shape index (κ3) is 5.14. The molecule has 2 aromatic carbocycles. The molecule has 150 valence electrons. The Labute approximate surface area is 178 Å². The first-order valence-electron chi connectivity index (χ1n) is 8.91. The summed E-state index contributed by atoms with van der Waals surface area (Å²) in [6.45, 7) is 0. The van der Waals surface area contributed by atoms with Gasteiger partial charge in [0.15, 0.2) is 0 Å². The molecule has 1 amide bonds. The fourth-order valence-corrected chi connectivity index (χ4v) is 3.94. The second-order valence-corrected chi connectivity index (χ2v) is 7.57. The van der Waals surface area contributed by atoms with Crippen LogP contribution in [0.4, 0.5) is 5.69 Å². The number of benzene rings is 2. The van der Waals surface area contributed by atoms with Crippen LogP contribution in [0.3, 0.4) is 0 Å². The van der Waals surface area contributed by atoms with Crippen LogP contribution in [0.5, 0.6) is 0 Å². The highest BCUT2D eigenvalue weighted by Crippen LogP contribution is 2.39. The minimum absolute atomic E-state index is 0.158. The summed E-state index contributed by atoms with van der Waals surface area (Å²) in [4.78, 5) is 24.1. The third-order valence-corrected chi connectivity index (χ3v) is 5.19. The maximum atomic E-state index is 12.6. The molecule has 0 fully saturated rings. The number of carboxylic acid groups (broad SMARTS) is 1. The van der Waals surface area contributed by atoms with E-state index >= 15 is 0 Å². The van der Waals surface area contributed by atoms with E-state index in [0.717, 1.165) is 11.1 Å². The highest BCUT2D eigenvalue weighted by molar-refractivity contribution is 6.35. The van der Waals surface area contributed by atoms with Crippen molar-refractivity contribution in [3.05, 3.63) is 63.1 Å². The van der Waals surface area contributed by atoms with E-state index in [-0.39, 0.29) is 18.7 Å². The summed E-state index contributed by atoms with van der Waals surface area (Å²) in [6, 6.07) is 11.7. The molecule has 29 heavy (non-hydrogen) atoms. The number of carboxylic acids is 1. The summed E-state index contributed by atoms with van der Waals surface area (Å²) in [7, 11) is 0. The number of nitrogens with one attached hydrogen (secondary N) is 2. The highest BCUT2D eigenvalue weighted by Gasteiger charge is 2.33. The largest absolute Gasteiger partial charge is 0.480 e. The van der Waals surface area contributed by atoms with Crippen LogP contribution in [0.2, 0.25) is 10.0 Å². The van der Waals surface area contributed by atoms with Crippen molar-refractivity contribution >= 4 is 40.8 Å². The van der Waals surface area contributed by atoms with E-state index in [0.29, 0.717) is 27.7 Å². The quantitative estimate of drug-likeness (QED) is 0.429. The maximum absolute atomic E-state index is 12.6. The molecule has 8 heteroatoms. The van der Waals surface area contributed by atoms with Gasteiger partial charge in [-0.3, -0.25) is 4.79 Å². The number of fused-ring (bicyclic) bond motifs is 1. The van der Waals surface area contributed by atoms with Crippen molar-refractivity contribution in [2.24, 2.45) is 5.73 Å². The first-order valence-corrected chi connectivity index (χ1v) is 9.67. The molecule has 0 saturated heterocycles. The number of amides is 1. The Morgan fingerprint density at radius 3 is 2.55 bits per heavy atom. The number of nitrogens with two attached hydrogens (primary N) is 1. The summed E-state index contributed by atoms with van der Waals surface area (Å²) < 4.78 is 0. The fraction of sp³-hybridized carbons (Fsp3) is 0.238. The first-order chi connectivity index (χ1) is 13.9. The Kier molecular flexibility index (Phi) is 6.53. The van der Waals surface area contributed by atoms with Crippen LogP contribution in [-0.2, 0) is 22.4 Å². The second kappa shape index (κ2) is 9.08. The SMILES string of the molecule is NC#CCc1ccc(CC(=O)NC2CC(C(=O)O)Nc3cc(Cl)cc(Cl)c32)cc1. The molecule has 0 radical (unpaired) electrons. The lowest BCUT2D eigenvalue weighted by atomic mass is 9.92. The van der Waals surface area contributed by atoms with Crippen LogP contribution in [-0.4, -0.2) is 23.0 Å². The molecule has 2 aromatic rings. The van der Waals surface area contributed by atoms with E-state index in [2.05, 4.69) is 22.6 Å². The van der Waals surface area contributed by atoms with E-state index in [1.165, 1.54) is 0 Å². The molecule has 0 aliphatic carbocycles. The predicted molar refractivity (Wildman–Crippen MR) is 113 cm³/mol. The number of carbonyl (C=O) groups is 2. The topological polar surface area (TPSA) is 104 Å². The molecule has 0 aromatic heterocycles. The Morgan fingerprint density at radius 2 is 1.90 bits per heavy atom. The minimum atomic E-state index is -1.01. The van der Waals surface area contributed by atoms with E-state index in [4.69, 9.17) is 28.9 Å². The second-order valence-electron chi connectivity index (χ2n) is 6.73. The zero-order chi connectivity index (χ0) is 21.0. The number of hydrogen-bond acceptors (Lipinski definition) is 4. The number of rotatable bonds is 5. The van der Waals surface area contributed by atoms with Crippen molar-refractivity contribution < 1.29 is 14.7 Å². The molecule has 2 unspecified atom stereocenters. The van der Waals surface area contributed by atoms with Crippen molar-refractivity contribution in [1.82, 2.24) is 5.32 Å². The molecular formula is C21H19Cl2N3O3. The summed E-state index contributed by atoms with van der Waals surface area (Å²) in [5, 5.41) is 16.0. The number of hydrogen-bond donors (Lipinski definition) is 4. The molecule has 0 bridgehead atoms. The van der Waals surface area contributed by atoms with Crippen molar-refractivity contribution in [3.63, 3.8) is 0 Å². The van der Waals surface area contributed by atoms with Gasteiger partial charge in [-0.15, -0.1) is 0 Å². The summed E-state index contributed by atoms with van der Waals surface area (Å²) in [5.41, 5.74) is 8.16. The van der Waals surface area contributed by atoms with Crippen LogP contribution in [0.15, 0.2) is 36.4 Å². The summed E-state index contributed by atoms with van der Waals surface area (Å²) in [5.74, 6) is 1.54. The van der Waals surface area contributed by atoms with Gasteiger partial charge in [0, 0.05) is 40.2 Å². The number of aliphatic carboxylic acids is 1. The van der Waals surface area contributed by atoms with E-state index < -0.39 is 18.1 Å². The molecule has 2 atom stereocenters. The molecule has 0 saturated carbocycles. The first kappa shape index (κ1) is 20.8. The minimum Gasteiger partial charge on any atom is -0.480 e. The lowest BCUT2D eigenvalue weighted by molar-refractivity contribution is -0.138. The summed E-state index contributed by atoms with van der Waals surface area (Å²) in [6.07, 6.45) is 0.879. The molecule has 5 N–H and O–H groups in total. The van der Waals surface area contributed by atoms with Gasteiger partial charge in [0.2, 0.25) is 5.91 Å². The Balaban J connectivity index is 1.75. The van der Waals surface area contributed by atoms with Crippen LogP contribution >= 0.6 is 23.2 Å². The van der Waals surface area contributed by atoms with Crippen LogP contribution in [0.1, 0.15) is 29.2 Å². The van der Waals surface area contributed by atoms with Gasteiger partial charge in [-0.25, -0.2) is 4.79 Å². The van der Waals surface area contributed by atoms with Gasteiger partial charge in [0.05, 0.1) is 12.5 Å². The van der Waals surface area contributed by atoms with Crippen LogP contribution in [0, 0.1) is 12.0 Å². The van der Waals surface area contributed by atoms with Crippen molar-refractivity contribution in [1.29, 1.82) is 0 Å². The molecule has 1 aliphatic rings. The van der Waals surface area contributed by atoms with Gasteiger partial charge in [0.1, 0.15) is 6.04 Å². The lowest BCUT2D eigenvalue weighted by Crippen LogP contribution is -2.41. The van der Waals surface area contributed by atoms with E-state index in [1.807, 2.05) is 24.3 Å². The average molecular weight is 432 g/mol. The normalized spacial score (nSPS) is 17.3. The monoisotopic (exact) mass is 431 g/mol. The molecule has 3 rings (SSSR count). The van der Waals surface area contributed by atoms with Gasteiger partial charge in [-0.1, -0.05) is 53.4 Å². The van der Waals surface area contributed by atoms with Crippen molar-refractivity contribution in [3.8, 4) is 12.0 Å². The predicted octanol–water partition coefficient (Wildman–Crippen LogP) is 3.12. The Hall–Kier alpha value is -2.88. The Morgan fingerprint density at radius 1 is 1.21 bits per heavy atom. The maximum Gasteiger partial charge on any atom is 0.326 e. The van der Waals surface area contributed by atoms with Gasteiger partial charge in [-0.05, 0) is 23.3 Å². The number of halogens is 2. The van der Waals surface area contributed by atoms with Gasteiger partial charge < -0.3 is 21.5 Å². The number of anilines is 1. The van der Waals surface area contributed by atoms with Gasteiger partial charge in [0.25, 0.3) is 0 Å². The average Bonchev–Trinajstić information content (AvgIpc) is 2.66. The number of carbonyl (C=O) groups excluding carboxylic acids is 1. The fourth-order valence-electron chi connectivity index (χ4n) is 3.31. The van der Waals surface area contributed by atoms with Crippen LogP contribution < -0.4 is 16.4 Å². The molecule has 1 heterocycles. The van der Waals surface area contributed by atoms with Crippen molar-refractivity contribution in [2.45, 2.75) is 31.3 Å². The molecule has 1 aliphatic heterocycles. The standard InChI is InChI=1S/C21H19Cl2N3O3/c22-14-9-15(23)20-16(10-14)25-18(21(28)29)11-17(20)26-19(27)8-13-5-3-12(4-6-13)2-1-7-24/h3-6,9-10,17-18,25H,2,8,11,24H2,(H,26,27)(H,28,29). The zero-order valence-corrected chi connectivity index (χ0v) is 16.8. The lowest BCUT2D eigenvalue weighted by Gasteiger charge is -2.32. The summed E-state index contributed by atoms with van der Waals surface area (Å²) >= 11 is 12.4. The molecule has 0 spiro atoms. The smallest absolute Gasteiger partial charge is 0.326 e. The zero-order valence-electron chi connectivity index (χ0n) is 15.3. The highest BCUT2D eigenvalue weighted by atomic mass is 35.5. The van der Waals surface area contributed by atoms with Crippen LogP contribution in [0.25, 0.3) is 0 Å². The Bertz CT molecular complexity index is 997. The van der Waals surface area contributed by atoms with Gasteiger partial charge >= 0.3 is 5.97 Å². The molecule has 6 nitrogen and oxygen atoms in total. The molecular weight excluding hydrogens is 413 g/mol. The third-order valence-electron chi connectivity index (χ3n) is 4.66. The van der Waals surface area contributed by atoms with Crippen molar-refractivity contribution in [2.75, 3.05) is 5.32 Å².